The van der Waals surface area contributed by atoms with Crippen LogP contribution in [0.25, 0.3) is 11.3 Å². The maximum atomic E-state index is 11.2. The molecule has 18 heavy (non-hydrogen) atoms. The summed E-state index contributed by atoms with van der Waals surface area (Å²) in [6.07, 6.45) is 1.52. The molecule has 0 spiro atoms. The number of ether oxygens (including phenoxy) is 1. The third-order valence-corrected chi connectivity index (χ3v) is 2.25. The van der Waals surface area contributed by atoms with Gasteiger partial charge in [0.2, 0.25) is 0 Å². The van der Waals surface area contributed by atoms with Crippen LogP contribution in [-0.4, -0.2) is 30.3 Å². The fourth-order valence-corrected chi connectivity index (χ4v) is 1.41. The lowest BCUT2D eigenvalue weighted by Gasteiger charge is -2.01. The Balaban J connectivity index is 0.000000771. The molecule has 1 N–H and O–H groups in total. The van der Waals surface area contributed by atoms with E-state index in [1.165, 1.54) is 13.3 Å². The molecule has 1 aromatic heterocycles. The Kier molecular flexibility index (Phi) is 5.54. The van der Waals surface area contributed by atoms with Crippen LogP contribution < -0.4 is 0 Å². The predicted molar refractivity (Wildman–Crippen MR) is 69.2 cm³/mol. The van der Waals surface area contributed by atoms with Crippen LogP contribution in [0.1, 0.15) is 10.4 Å². The Labute approximate surface area is 106 Å². The van der Waals surface area contributed by atoms with Crippen LogP contribution in [-0.2, 0) is 4.74 Å². The van der Waals surface area contributed by atoms with Gasteiger partial charge < -0.3 is 9.84 Å². The maximum absolute atomic E-state index is 11.2. The SMILES string of the molecule is CO.COC(=O)c1ccc(-c2ccccc2)nc1. The van der Waals surface area contributed by atoms with Crippen molar-refractivity contribution in [3.05, 3.63) is 54.2 Å². The summed E-state index contributed by atoms with van der Waals surface area (Å²) in [5.74, 6) is -0.368. The molecule has 0 saturated heterocycles. The number of aliphatic hydroxyl groups is 1. The number of aromatic nitrogens is 1. The standard InChI is InChI=1S/C13H11NO2.CH4O/c1-16-13(15)11-7-8-12(14-9-11)10-5-3-2-4-6-10;1-2/h2-9H,1H3;2H,1H3. The Bertz CT molecular complexity index is 480. The second kappa shape index (κ2) is 7.19. The summed E-state index contributed by atoms with van der Waals surface area (Å²) in [6, 6.07) is 13.3. The molecule has 0 unspecified atom stereocenters. The third kappa shape index (κ3) is 3.40. The normalized spacial score (nSPS) is 9.06. The number of hydrogen-bond donors (Lipinski definition) is 1. The third-order valence-electron chi connectivity index (χ3n) is 2.25. The molecule has 2 aromatic rings. The number of methoxy groups -OCH3 is 1. The smallest absolute Gasteiger partial charge is 0.339 e. The lowest BCUT2D eigenvalue weighted by atomic mass is 10.1. The minimum atomic E-state index is -0.368. The van der Waals surface area contributed by atoms with Gasteiger partial charge in [-0.15, -0.1) is 0 Å². The highest BCUT2D eigenvalue weighted by atomic mass is 16.5. The van der Waals surface area contributed by atoms with E-state index in [1.807, 2.05) is 36.4 Å². The van der Waals surface area contributed by atoms with Gasteiger partial charge in [0.15, 0.2) is 0 Å². The molecule has 4 heteroatoms. The Hall–Kier alpha value is -2.20. The van der Waals surface area contributed by atoms with Gasteiger partial charge in [-0.1, -0.05) is 30.3 Å². The van der Waals surface area contributed by atoms with Gasteiger partial charge in [-0.2, -0.15) is 0 Å². The van der Waals surface area contributed by atoms with E-state index in [1.54, 1.807) is 6.07 Å². The average Bonchev–Trinajstić information content (AvgIpc) is 2.49. The Morgan fingerprint density at radius 3 is 2.28 bits per heavy atom. The summed E-state index contributed by atoms with van der Waals surface area (Å²) >= 11 is 0. The number of nitrogens with zero attached hydrogens (tertiary/aromatic N) is 1. The molecule has 0 atom stereocenters. The van der Waals surface area contributed by atoms with E-state index < -0.39 is 0 Å². The fourth-order valence-electron chi connectivity index (χ4n) is 1.41. The van der Waals surface area contributed by atoms with E-state index in [-0.39, 0.29) is 5.97 Å². The molecule has 1 aromatic carbocycles. The van der Waals surface area contributed by atoms with Gasteiger partial charge in [-0.05, 0) is 12.1 Å². The molecule has 4 nitrogen and oxygen atoms in total. The van der Waals surface area contributed by atoms with Crippen LogP contribution in [0.3, 0.4) is 0 Å². The molecule has 0 bridgehead atoms. The van der Waals surface area contributed by atoms with Crippen LogP contribution in [0.2, 0.25) is 0 Å². The van der Waals surface area contributed by atoms with Crippen molar-refractivity contribution in [2.45, 2.75) is 0 Å². The Morgan fingerprint density at radius 2 is 1.78 bits per heavy atom. The van der Waals surface area contributed by atoms with Crippen molar-refractivity contribution >= 4 is 5.97 Å². The topological polar surface area (TPSA) is 59.4 Å². The van der Waals surface area contributed by atoms with Crippen molar-refractivity contribution in [2.75, 3.05) is 14.2 Å². The largest absolute Gasteiger partial charge is 0.465 e. The van der Waals surface area contributed by atoms with Gasteiger partial charge >= 0.3 is 5.97 Å². The van der Waals surface area contributed by atoms with E-state index in [0.29, 0.717) is 5.56 Å². The summed E-state index contributed by atoms with van der Waals surface area (Å²) in [7, 11) is 2.35. The Morgan fingerprint density at radius 1 is 1.11 bits per heavy atom. The van der Waals surface area contributed by atoms with Crippen LogP contribution in [0.5, 0.6) is 0 Å². The van der Waals surface area contributed by atoms with Gasteiger partial charge in [-0.25, -0.2) is 4.79 Å². The highest BCUT2D eigenvalue weighted by molar-refractivity contribution is 5.89. The van der Waals surface area contributed by atoms with E-state index >= 15 is 0 Å². The summed E-state index contributed by atoms with van der Waals surface area (Å²) < 4.78 is 4.60. The highest BCUT2D eigenvalue weighted by Gasteiger charge is 2.05. The minimum Gasteiger partial charge on any atom is -0.465 e. The summed E-state index contributed by atoms with van der Waals surface area (Å²) in [4.78, 5) is 15.4. The molecule has 1 heterocycles. The van der Waals surface area contributed by atoms with Crippen molar-refractivity contribution in [1.82, 2.24) is 4.98 Å². The number of hydrogen-bond acceptors (Lipinski definition) is 4. The number of rotatable bonds is 2. The zero-order valence-electron chi connectivity index (χ0n) is 10.3. The van der Waals surface area contributed by atoms with Crippen LogP contribution in [0.4, 0.5) is 0 Å². The lowest BCUT2D eigenvalue weighted by Crippen LogP contribution is -2.01. The fraction of sp³-hybridized carbons (Fsp3) is 0.143. The summed E-state index contributed by atoms with van der Waals surface area (Å²) in [6.45, 7) is 0. The summed E-state index contributed by atoms with van der Waals surface area (Å²) in [5.41, 5.74) is 2.33. The van der Waals surface area contributed by atoms with Gasteiger partial charge in [0, 0.05) is 18.9 Å². The molecule has 0 aliphatic rings. The number of carbonyl (C=O) groups is 1. The number of aliphatic hydroxyl groups excluding tert-OH is 1. The molecular weight excluding hydrogens is 230 g/mol. The molecular formula is C14H15NO3. The molecule has 0 aliphatic heterocycles. The molecule has 2 rings (SSSR count). The van der Waals surface area contributed by atoms with Crippen molar-refractivity contribution in [2.24, 2.45) is 0 Å². The number of benzene rings is 1. The molecule has 0 aliphatic carbocycles. The molecule has 0 amide bonds. The van der Waals surface area contributed by atoms with Crippen LogP contribution >= 0.6 is 0 Å². The van der Waals surface area contributed by atoms with Crippen molar-refractivity contribution in [1.29, 1.82) is 0 Å². The number of esters is 1. The number of pyridine rings is 1. The van der Waals surface area contributed by atoms with Crippen molar-refractivity contribution < 1.29 is 14.6 Å². The van der Waals surface area contributed by atoms with Gasteiger partial charge in [0.1, 0.15) is 0 Å². The van der Waals surface area contributed by atoms with E-state index in [0.717, 1.165) is 18.4 Å². The van der Waals surface area contributed by atoms with E-state index in [9.17, 15) is 4.79 Å². The second-order valence-corrected chi connectivity index (χ2v) is 3.29. The zero-order chi connectivity index (χ0) is 13.4. The first-order chi connectivity index (χ1) is 8.81. The minimum absolute atomic E-state index is 0.368. The maximum Gasteiger partial charge on any atom is 0.339 e. The molecule has 0 fully saturated rings. The summed E-state index contributed by atoms with van der Waals surface area (Å²) in [5, 5.41) is 7.00. The van der Waals surface area contributed by atoms with Crippen molar-refractivity contribution in [3.63, 3.8) is 0 Å². The monoisotopic (exact) mass is 245 g/mol. The highest BCUT2D eigenvalue weighted by Crippen LogP contribution is 2.16. The van der Waals surface area contributed by atoms with E-state index in [2.05, 4.69) is 9.72 Å². The predicted octanol–water partition coefficient (Wildman–Crippen LogP) is 2.14. The van der Waals surface area contributed by atoms with E-state index in [4.69, 9.17) is 5.11 Å². The van der Waals surface area contributed by atoms with Crippen molar-refractivity contribution in [3.8, 4) is 11.3 Å². The zero-order valence-corrected chi connectivity index (χ0v) is 10.3. The number of carbonyl (C=O) groups excluding carboxylic acids is 1. The first-order valence-corrected chi connectivity index (χ1v) is 5.36. The average molecular weight is 245 g/mol. The molecule has 0 saturated carbocycles. The van der Waals surface area contributed by atoms with Gasteiger partial charge in [0.05, 0.1) is 18.4 Å². The first-order valence-electron chi connectivity index (χ1n) is 5.36. The van der Waals surface area contributed by atoms with Crippen LogP contribution in [0, 0.1) is 0 Å². The lowest BCUT2D eigenvalue weighted by molar-refractivity contribution is 0.0600. The second-order valence-electron chi connectivity index (χ2n) is 3.29. The molecule has 94 valence electrons. The van der Waals surface area contributed by atoms with Gasteiger partial charge in [0.25, 0.3) is 0 Å². The van der Waals surface area contributed by atoms with Crippen LogP contribution in [0.15, 0.2) is 48.7 Å². The first kappa shape index (κ1) is 13.9. The van der Waals surface area contributed by atoms with Gasteiger partial charge in [-0.3, -0.25) is 4.98 Å². The molecule has 0 radical (unpaired) electrons. The quantitative estimate of drug-likeness (QED) is 0.823.